The van der Waals surface area contributed by atoms with Crippen LogP contribution in [0, 0.1) is 11.8 Å². The fourth-order valence-electron chi connectivity index (χ4n) is 2.93. The van der Waals surface area contributed by atoms with Gasteiger partial charge in [0, 0.05) is 37.6 Å². The summed E-state index contributed by atoms with van der Waals surface area (Å²) < 4.78 is 0. The van der Waals surface area contributed by atoms with Crippen LogP contribution in [-0.2, 0) is 4.79 Å². The molecule has 0 spiro atoms. The third kappa shape index (κ3) is 4.79. The van der Waals surface area contributed by atoms with E-state index < -0.39 is 0 Å². The van der Waals surface area contributed by atoms with Crippen molar-refractivity contribution in [3.8, 4) is 0 Å². The standard InChI is InChI=1S/C18H26N2O3/c1-13(2)10-17(22)20-9-8-15(12-21)16(11-20)19-18(23)14-6-4-3-5-7-14/h3-7,13,15-16,21H,8-12H2,1-2H3,(H,19,23)/t15-,16-/m1/s1. The number of likely N-dealkylation sites (tertiary alicyclic amines) is 1. The molecule has 5 heteroatoms. The first-order valence-corrected chi connectivity index (χ1v) is 8.25. The van der Waals surface area contributed by atoms with Crippen molar-refractivity contribution in [2.75, 3.05) is 19.7 Å². The van der Waals surface area contributed by atoms with Gasteiger partial charge in [-0.25, -0.2) is 0 Å². The molecule has 23 heavy (non-hydrogen) atoms. The van der Waals surface area contributed by atoms with E-state index in [2.05, 4.69) is 5.32 Å². The molecule has 0 radical (unpaired) electrons. The minimum atomic E-state index is -0.211. The lowest BCUT2D eigenvalue weighted by atomic mass is 9.91. The number of carbonyl (C=O) groups is 2. The summed E-state index contributed by atoms with van der Waals surface area (Å²) in [6.45, 7) is 5.18. The second-order valence-electron chi connectivity index (χ2n) is 6.62. The number of piperidine rings is 1. The molecule has 1 aromatic rings. The molecule has 2 amide bonds. The molecule has 2 rings (SSSR count). The molecule has 1 fully saturated rings. The third-order valence-electron chi connectivity index (χ3n) is 4.28. The zero-order chi connectivity index (χ0) is 16.8. The predicted octanol–water partition coefficient (Wildman–Crippen LogP) is 1.67. The lowest BCUT2D eigenvalue weighted by molar-refractivity contribution is -0.134. The van der Waals surface area contributed by atoms with Crippen molar-refractivity contribution >= 4 is 11.8 Å². The van der Waals surface area contributed by atoms with Crippen molar-refractivity contribution < 1.29 is 14.7 Å². The molecule has 1 aromatic carbocycles. The van der Waals surface area contributed by atoms with Crippen molar-refractivity contribution in [2.45, 2.75) is 32.7 Å². The van der Waals surface area contributed by atoms with Crippen LogP contribution >= 0.6 is 0 Å². The number of rotatable bonds is 5. The maximum atomic E-state index is 12.3. The number of hydrogen-bond donors (Lipinski definition) is 2. The summed E-state index contributed by atoms with van der Waals surface area (Å²) in [5.41, 5.74) is 0.592. The normalized spacial score (nSPS) is 21.3. The monoisotopic (exact) mass is 318 g/mol. The lowest BCUT2D eigenvalue weighted by Gasteiger charge is -2.38. The zero-order valence-electron chi connectivity index (χ0n) is 13.9. The number of hydrogen-bond acceptors (Lipinski definition) is 3. The molecule has 5 nitrogen and oxygen atoms in total. The van der Waals surface area contributed by atoms with Gasteiger partial charge in [0.25, 0.3) is 5.91 Å². The van der Waals surface area contributed by atoms with E-state index >= 15 is 0 Å². The Labute approximate surface area is 137 Å². The molecule has 1 saturated heterocycles. The molecule has 0 unspecified atom stereocenters. The van der Waals surface area contributed by atoms with Crippen LogP contribution in [-0.4, -0.2) is 47.6 Å². The predicted molar refractivity (Wildman–Crippen MR) is 88.9 cm³/mol. The molecule has 0 saturated carbocycles. The number of nitrogens with one attached hydrogen (secondary N) is 1. The lowest BCUT2D eigenvalue weighted by Crippen LogP contribution is -2.55. The van der Waals surface area contributed by atoms with Gasteiger partial charge in [-0.2, -0.15) is 0 Å². The van der Waals surface area contributed by atoms with Gasteiger partial charge >= 0.3 is 0 Å². The summed E-state index contributed by atoms with van der Waals surface area (Å²) in [6.07, 6.45) is 1.23. The van der Waals surface area contributed by atoms with Crippen molar-refractivity contribution in [2.24, 2.45) is 11.8 Å². The first-order chi connectivity index (χ1) is 11.0. The highest BCUT2D eigenvalue weighted by molar-refractivity contribution is 5.94. The Morgan fingerprint density at radius 2 is 2.00 bits per heavy atom. The van der Waals surface area contributed by atoms with Gasteiger partial charge in [-0.05, 0) is 24.5 Å². The van der Waals surface area contributed by atoms with Gasteiger partial charge in [-0.3, -0.25) is 9.59 Å². The van der Waals surface area contributed by atoms with Gasteiger partial charge in [-0.15, -0.1) is 0 Å². The van der Waals surface area contributed by atoms with E-state index in [0.29, 0.717) is 37.4 Å². The second kappa shape index (κ2) is 8.11. The van der Waals surface area contributed by atoms with Crippen molar-refractivity contribution in [1.29, 1.82) is 0 Å². The topological polar surface area (TPSA) is 69.6 Å². The summed E-state index contributed by atoms with van der Waals surface area (Å²) in [4.78, 5) is 26.4. The van der Waals surface area contributed by atoms with E-state index in [1.807, 2.05) is 36.9 Å². The molecular formula is C18H26N2O3. The molecule has 1 aliphatic rings. The first kappa shape index (κ1) is 17.5. The first-order valence-electron chi connectivity index (χ1n) is 8.25. The van der Waals surface area contributed by atoms with Crippen LogP contribution in [0.3, 0.4) is 0 Å². The number of nitrogens with zero attached hydrogens (tertiary/aromatic N) is 1. The Morgan fingerprint density at radius 3 is 2.61 bits per heavy atom. The highest BCUT2D eigenvalue weighted by Crippen LogP contribution is 2.19. The number of carbonyl (C=O) groups excluding carboxylic acids is 2. The summed E-state index contributed by atoms with van der Waals surface area (Å²) in [6, 6.07) is 8.80. The number of amides is 2. The van der Waals surface area contributed by atoms with E-state index in [9.17, 15) is 14.7 Å². The van der Waals surface area contributed by atoms with Crippen LogP contribution in [0.2, 0.25) is 0 Å². The maximum absolute atomic E-state index is 12.3. The van der Waals surface area contributed by atoms with Crippen LogP contribution in [0.1, 0.15) is 37.0 Å². The SMILES string of the molecule is CC(C)CC(=O)N1CC[C@H](CO)[C@H](NC(=O)c2ccccc2)C1. The van der Waals surface area contributed by atoms with Gasteiger partial charge in [-0.1, -0.05) is 32.0 Å². The zero-order valence-corrected chi connectivity index (χ0v) is 13.9. The fraction of sp³-hybridized carbons (Fsp3) is 0.556. The quantitative estimate of drug-likeness (QED) is 0.868. The van der Waals surface area contributed by atoms with Gasteiger partial charge in [0.2, 0.25) is 5.91 Å². The van der Waals surface area contributed by atoms with E-state index in [4.69, 9.17) is 0 Å². The largest absolute Gasteiger partial charge is 0.396 e. The molecule has 0 bridgehead atoms. The van der Waals surface area contributed by atoms with Gasteiger partial charge < -0.3 is 15.3 Å². The van der Waals surface area contributed by atoms with Gasteiger partial charge in [0.1, 0.15) is 0 Å². The molecular weight excluding hydrogens is 292 g/mol. The van der Waals surface area contributed by atoms with Crippen LogP contribution in [0.4, 0.5) is 0 Å². The van der Waals surface area contributed by atoms with E-state index in [0.717, 1.165) is 0 Å². The average Bonchev–Trinajstić information content (AvgIpc) is 2.55. The highest BCUT2D eigenvalue weighted by Gasteiger charge is 2.32. The van der Waals surface area contributed by atoms with Crippen LogP contribution in [0.5, 0.6) is 0 Å². The second-order valence-corrected chi connectivity index (χ2v) is 6.62. The van der Waals surface area contributed by atoms with E-state index in [1.165, 1.54) is 0 Å². The molecule has 2 N–H and O–H groups in total. The minimum Gasteiger partial charge on any atom is -0.396 e. The highest BCUT2D eigenvalue weighted by atomic mass is 16.3. The Hall–Kier alpha value is -1.88. The Kier molecular flexibility index (Phi) is 6.16. The Bertz CT molecular complexity index is 530. The molecule has 2 atom stereocenters. The Balaban J connectivity index is 2.01. The van der Waals surface area contributed by atoms with Crippen molar-refractivity contribution in [1.82, 2.24) is 10.2 Å². The van der Waals surface area contributed by atoms with Gasteiger partial charge in [0.15, 0.2) is 0 Å². The molecule has 0 aromatic heterocycles. The van der Waals surface area contributed by atoms with Crippen molar-refractivity contribution in [3.05, 3.63) is 35.9 Å². The van der Waals surface area contributed by atoms with E-state index in [-0.39, 0.29) is 30.4 Å². The summed E-state index contributed by atoms with van der Waals surface area (Å²) in [7, 11) is 0. The molecule has 126 valence electrons. The number of aliphatic hydroxyl groups excluding tert-OH is 1. The summed E-state index contributed by atoms with van der Waals surface area (Å²) in [5, 5.41) is 12.5. The maximum Gasteiger partial charge on any atom is 0.251 e. The number of benzene rings is 1. The summed E-state index contributed by atoms with van der Waals surface area (Å²) >= 11 is 0. The summed E-state index contributed by atoms with van der Waals surface area (Å²) in [5.74, 6) is 0.267. The van der Waals surface area contributed by atoms with Crippen molar-refractivity contribution in [3.63, 3.8) is 0 Å². The van der Waals surface area contributed by atoms with Gasteiger partial charge in [0.05, 0.1) is 6.04 Å². The minimum absolute atomic E-state index is 0.00855. The smallest absolute Gasteiger partial charge is 0.251 e. The molecule has 0 aliphatic carbocycles. The molecule has 1 heterocycles. The Morgan fingerprint density at radius 1 is 1.30 bits per heavy atom. The van der Waals surface area contributed by atoms with Crippen LogP contribution < -0.4 is 5.32 Å². The third-order valence-corrected chi connectivity index (χ3v) is 4.28. The average molecular weight is 318 g/mol. The van der Waals surface area contributed by atoms with Crippen LogP contribution in [0.15, 0.2) is 30.3 Å². The molecule has 1 aliphatic heterocycles. The fourth-order valence-corrected chi connectivity index (χ4v) is 2.93. The van der Waals surface area contributed by atoms with E-state index in [1.54, 1.807) is 12.1 Å². The number of aliphatic hydroxyl groups is 1. The van der Waals surface area contributed by atoms with Crippen LogP contribution in [0.25, 0.3) is 0 Å².